The summed E-state index contributed by atoms with van der Waals surface area (Å²) in [5.41, 5.74) is 4.61. The first-order chi connectivity index (χ1) is 12.7. The van der Waals surface area contributed by atoms with Crippen LogP contribution in [0.3, 0.4) is 0 Å². The number of nitrogens with one attached hydrogen (secondary N) is 3. The van der Waals surface area contributed by atoms with Crippen LogP contribution >= 0.6 is 0 Å². The van der Waals surface area contributed by atoms with Crippen molar-refractivity contribution in [3.8, 4) is 0 Å². The van der Waals surface area contributed by atoms with Gasteiger partial charge < -0.3 is 15.3 Å². The fourth-order valence-electron chi connectivity index (χ4n) is 3.40. The molecule has 0 fully saturated rings. The maximum Gasteiger partial charge on any atom is 0.133 e. The molecule has 3 N–H and O–H groups in total. The maximum atomic E-state index is 4.54. The van der Waals surface area contributed by atoms with E-state index in [1.807, 2.05) is 6.20 Å². The summed E-state index contributed by atoms with van der Waals surface area (Å²) in [6.45, 7) is 6.96. The third kappa shape index (κ3) is 3.45. The highest BCUT2D eigenvalue weighted by Gasteiger charge is 2.21. The number of anilines is 1. The predicted molar refractivity (Wildman–Crippen MR) is 98.7 cm³/mol. The number of hydrogen-bond donors (Lipinski definition) is 3. The zero-order chi connectivity index (χ0) is 17.9. The Morgan fingerprint density at radius 3 is 2.81 bits per heavy atom. The van der Waals surface area contributed by atoms with E-state index in [9.17, 15) is 0 Å². The molecule has 0 saturated carbocycles. The average molecular weight is 352 g/mol. The van der Waals surface area contributed by atoms with Crippen LogP contribution in [0.4, 0.5) is 5.82 Å². The molecular formula is C18H24N8. The summed E-state index contributed by atoms with van der Waals surface area (Å²) in [4.78, 5) is 26.5. The molecule has 0 unspecified atom stereocenters. The van der Waals surface area contributed by atoms with Gasteiger partial charge >= 0.3 is 0 Å². The topological polar surface area (TPSA) is 98.4 Å². The van der Waals surface area contributed by atoms with Crippen LogP contribution in [0, 0.1) is 6.92 Å². The van der Waals surface area contributed by atoms with Gasteiger partial charge in [-0.25, -0.2) is 19.9 Å². The highest BCUT2D eigenvalue weighted by atomic mass is 15.1. The van der Waals surface area contributed by atoms with Crippen LogP contribution in [-0.2, 0) is 19.4 Å². The molecule has 8 heteroatoms. The summed E-state index contributed by atoms with van der Waals surface area (Å²) in [6.07, 6.45) is 8.87. The molecule has 136 valence electrons. The molecule has 0 radical (unpaired) electrons. The van der Waals surface area contributed by atoms with E-state index in [1.54, 1.807) is 18.9 Å². The van der Waals surface area contributed by atoms with E-state index >= 15 is 0 Å². The summed E-state index contributed by atoms with van der Waals surface area (Å²) in [5.74, 6) is 1.82. The third-order valence-electron chi connectivity index (χ3n) is 4.97. The molecule has 0 aromatic carbocycles. The van der Waals surface area contributed by atoms with Crippen molar-refractivity contribution in [2.24, 2.45) is 0 Å². The van der Waals surface area contributed by atoms with E-state index in [0.717, 1.165) is 61.2 Å². The van der Waals surface area contributed by atoms with Gasteiger partial charge in [0.1, 0.15) is 18.0 Å². The van der Waals surface area contributed by atoms with Gasteiger partial charge in [-0.2, -0.15) is 0 Å². The van der Waals surface area contributed by atoms with Crippen molar-refractivity contribution in [1.29, 1.82) is 0 Å². The van der Waals surface area contributed by atoms with Gasteiger partial charge in [0.2, 0.25) is 0 Å². The van der Waals surface area contributed by atoms with Gasteiger partial charge in [-0.3, -0.25) is 4.90 Å². The van der Waals surface area contributed by atoms with E-state index in [1.165, 1.54) is 5.56 Å². The molecule has 0 aliphatic carbocycles. The zero-order valence-electron chi connectivity index (χ0n) is 15.2. The van der Waals surface area contributed by atoms with Gasteiger partial charge in [-0.05, 0) is 20.3 Å². The lowest BCUT2D eigenvalue weighted by molar-refractivity contribution is 0.275. The number of nitrogens with zero attached hydrogens (tertiary/aromatic N) is 5. The zero-order valence-corrected chi connectivity index (χ0v) is 15.2. The number of hydrogen-bond acceptors (Lipinski definition) is 6. The van der Waals surface area contributed by atoms with Crippen LogP contribution < -0.4 is 5.32 Å². The second-order valence-corrected chi connectivity index (χ2v) is 6.74. The first-order valence-corrected chi connectivity index (χ1v) is 9.00. The molecule has 0 bridgehead atoms. The van der Waals surface area contributed by atoms with Crippen LogP contribution in [0.1, 0.15) is 41.4 Å². The molecule has 4 heterocycles. The Morgan fingerprint density at radius 2 is 2.04 bits per heavy atom. The smallest absolute Gasteiger partial charge is 0.133 e. The summed E-state index contributed by atoms with van der Waals surface area (Å²) >= 11 is 0. The van der Waals surface area contributed by atoms with Crippen molar-refractivity contribution in [2.45, 2.75) is 39.3 Å². The van der Waals surface area contributed by atoms with E-state index in [4.69, 9.17) is 0 Å². The Bertz CT molecular complexity index is 854. The molecule has 1 aliphatic rings. The lowest BCUT2D eigenvalue weighted by Crippen LogP contribution is -2.26. The van der Waals surface area contributed by atoms with Crippen LogP contribution in [0.5, 0.6) is 0 Å². The minimum atomic E-state index is 0.0649. The number of aromatic nitrogens is 6. The highest BCUT2D eigenvalue weighted by molar-refractivity contribution is 5.47. The fraction of sp³-hybridized carbons (Fsp3) is 0.444. The predicted octanol–water partition coefficient (Wildman–Crippen LogP) is 2.01. The number of fused-ring (bicyclic) bond motifs is 1. The normalized spacial score (nSPS) is 16.1. The molecule has 3 aromatic rings. The molecule has 3 aromatic heterocycles. The van der Waals surface area contributed by atoms with Gasteiger partial charge in [0, 0.05) is 49.7 Å². The van der Waals surface area contributed by atoms with Crippen LogP contribution in [0.15, 0.2) is 25.0 Å². The standard InChI is InChI=1S/C18H24N8/c1-12-16(23-10-21-12)9-26-7-3-14-15(4-8-26)22-11-24-18(14)25-13(2)17-19-5-6-20-17/h5-6,10-11,13H,3-4,7-9H2,1-2H3,(H,19,20)(H,21,23)(H,22,24,25)/t13-/m1/s1. The second kappa shape index (κ2) is 7.25. The van der Waals surface area contributed by atoms with Crippen molar-refractivity contribution in [1.82, 2.24) is 34.8 Å². The largest absolute Gasteiger partial charge is 0.360 e. The molecule has 1 atom stereocenters. The third-order valence-corrected chi connectivity index (χ3v) is 4.97. The molecule has 26 heavy (non-hydrogen) atoms. The van der Waals surface area contributed by atoms with Crippen molar-refractivity contribution in [2.75, 3.05) is 18.4 Å². The minimum absolute atomic E-state index is 0.0649. The lowest BCUT2D eigenvalue weighted by atomic mass is 10.1. The number of H-pyrrole nitrogens is 2. The Labute approximate surface area is 152 Å². The van der Waals surface area contributed by atoms with Crippen molar-refractivity contribution < 1.29 is 0 Å². The molecule has 4 rings (SSSR count). The van der Waals surface area contributed by atoms with Crippen molar-refractivity contribution in [3.05, 3.63) is 53.5 Å². The molecule has 0 spiro atoms. The fourth-order valence-corrected chi connectivity index (χ4v) is 3.40. The SMILES string of the molecule is Cc1[nH]cnc1CN1CCc2ncnc(N[C@H](C)c3ncc[nH]3)c2CC1. The van der Waals surface area contributed by atoms with Gasteiger partial charge in [-0.1, -0.05) is 0 Å². The Kier molecular flexibility index (Phi) is 4.66. The second-order valence-electron chi connectivity index (χ2n) is 6.74. The van der Waals surface area contributed by atoms with E-state index in [2.05, 4.69) is 54.0 Å². The molecule has 0 saturated heterocycles. The van der Waals surface area contributed by atoms with E-state index in [-0.39, 0.29) is 6.04 Å². The molecule has 0 amide bonds. The lowest BCUT2D eigenvalue weighted by Gasteiger charge is -2.19. The number of aromatic amines is 2. The van der Waals surface area contributed by atoms with Gasteiger partial charge in [0.25, 0.3) is 0 Å². The van der Waals surface area contributed by atoms with Crippen LogP contribution in [-0.4, -0.2) is 47.9 Å². The number of aryl methyl sites for hydroxylation is 1. The first-order valence-electron chi connectivity index (χ1n) is 9.00. The molecular weight excluding hydrogens is 328 g/mol. The average Bonchev–Trinajstić information content (AvgIpc) is 3.26. The first kappa shape index (κ1) is 16.7. The maximum absolute atomic E-state index is 4.54. The molecule has 8 nitrogen and oxygen atoms in total. The Balaban J connectivity index is 1.48. The van der Waals surface area contributed by atoms with E-state index < -0.39 is 0 Å². The Hall–Kier alpha value is -2.74. The Morgan fingerprint density at radius 1 is 1.15 bits per heavy atom. The van der Waals surface area contributed by atoms with Gasteiger partial charge in [-0.15, -0.1) is 0 Å². The van der Waals surface area contributed by atoms with Crippen molar-refractivity contribution >= 4 is 5.82 Å². The van der Waals surface area contributed by atoms with Crippen LogP contribution in [0.25, 0.3) is 0 Å². The summed E-state index contributed by atoms with van der Waals surface area (Å²) < 4.78 is 0. The summed E-state index contributed by atoms with van der Waals surface area (Å²) in [6, 6.07) is 0.0649. The van der Waals surface area contributed by atoms with Crippen LogP contribution in [0.2, 0.25) is 0 Å². The van der Waals surface area contributed by atoms with Gasteiger partial charge in [0.15, 0.2) is 0 Å². The number of rotatable bonds is 5. The highest BCUT2D eigenvalue weighted by Crippen LogP contribution is 2.24. The van der Waals surface area contributed by atoms with Gasteiger partial charge in [0.05, 0.1) is 23.8 Å². The minimum Gasteiger partial charge on any atom is -0.360 e. The van der Waals surface area contributed by atoms with Crippen molar-refractivity contribution in [3.63, 3.8) is 0 Å². The summed E-state index contributed by atoms with van der Waals surface area (Å²) in [7, 11) is 0. The number of imidazole rings is 2. The summed E-state index contributed by atoms with van der Waals surface area (Å²) in [5, 5.41) is 3.49. The quantitative estimate of drug-likeness (QED) is 0.650. The monoisotopic (exact) mass is 352 g/mol. The van der Waals surface area contributed by atoms with E-state index in [0.29, 0.717) is 0 Å². The molecule has 1 aliphatic heterocycles.